The molecule has 0 aromatic carbocycles. The fourth-order valence-corrected chi connectivity index (χ4v) is 4.10. The Labute approximate surface area is 115 Å². The molecule has 3 atom stereocenters. The van der Waals surface area contributed by atoms with Gasteiger partial charge in [0.15, 0.2) is 0 Å². The molecule has 6 heteroatoms. The smallest absolute Gasteiger partial charge is 0.313 e. The highest BCUT2D eigenvalue weighted by Gasteiger charge is 2.39. The third-order valence-corrected chi connectivity index (χ3v) is 5.24. The Balaban J connectivity index is 2.20. The van der Waals surface area contributed by atoms with Crippen LogP contribution >= 0.6 is 23.5 Å². The minimum Gasteiger partial charge on any atom is -0.481 e. The monoisotopic (exact) mass is 290 g/mol. The van der Waals surface area contributed by atoms with E-state index in [1.54, 1.807) is 17.8 Å². The molecule has 0 saturated heterocycles. The van der Waals surface area contributed by atoms with E-state index in [9.17, 15) is 14.7 Å². The molecule has 1 saturated carbocycles. The zero-order valence-electron chi connectivity index (χ0n) is 10.1. The lowest BCUT2D eigenvalue weighted by Gasteiger charge is -2.16. The predicted molar refractivity (Wildman–Crippen MR) is 75.1 cm³/mol. The highest BCUT2D eigenvalue weighted by Crippen LogP contribution is 2.33. The molecule has 0 aromatic rings. The third kappa shape index (κ3) is 4.66. The fraction of sp³-hybridized carbons (Fsp3) is 0.667. The second-order valence-corrected chi connectivity index (χ2v) is 6.50. The van der Waals surface area contributed by atoms with Crippen LogP contribution in [0.25, 0.3) is 0 Å². The number of Topliss-reactive ketones (excluding diaryl/α,β-unsaturated/α-hetero) is 1. The summed E-state index contributed by atoms with van der Waals surface area (Å²) in [5.74, 6) is 0.862. The summed E-state index contributed by atoms with van der Waals surface area (Å²) < 4.78 is 0. The summed E-state index contributed by atoms with van der Waals surface area (Å²) in [6.07, 6.45) is 2.16. The van der Waals surface area contributed by atoms with Crippen LogP contribution in [0.1, 0.15) is 12.8 Å². The maximum absolute atomic E-state index is 11.7. The van der Waals surface area contributed by atoms with Gasteiger partial charge in [-0.05, 0) is 17.9 Å². The van der Waals surface area contributed by atoms with E-state index >= 15 is 0 Å². The predicted octanol–water partition coefficient (Wildman–Crippen LogP) is 1.43. The molecule has 18 heavy (non-hydrogen) atoms. The molecule has 0 radical (unpaired) electrons. The molecule has 0 amide bonds. The summed E-state index contributed by atoms with van der Waals surface area (Å²) in [5.41, 5.74) is 0. The van der Waals surface area contributed by atoms with Crippen molar-refractivity contribution in [3.05, 3.63) is 12.7 Å². The van der Waals surface area contributed by atoms with Crippen LogP contribution in [0.2, 0.25) is 0 Å². The summed E-state index contributed by atoms with van der Waals surface area (Å²) in [6.45, 7) is 3.66. The van der Waals surface area contributed by atoms with Gasteiger partial charge in [-0.3, -0.25) is 9.59 Å². The van der Waals surface area contributed by atoms with Gasteiger partial charge in [-0.25, -0.2) is 0 Å². The molecule has 0 aliphatic heterocycles. The second-order valence-electron chi connectivity index (χ2n) is 4.14. The molecule has 2 N–H and O–H groups in total. The van der Waals surface area contributed by atoms with E-state index in [1.165, 1.54) is 11.8 Å². The summed E-state index contributed by atoms with van der Waals surface area (Å²) in [5, 5.41) is 17.9. The van der Waals surface area contributed by atoms with E-state index < -0.39 is 12.1 Å². The SMILES string of the molecule is C=C[C@H]1C(O)CC(=O)C1SCCCSCC(=O)O. The van der Waals surface area contributed by atoms with Crippen LogP contribution in [0.5, 0.6) is 0 Å². The molecule has 0 aromatic heterocycles. The van der Waals surface area contributed by atoms with Crippen LogP contribution in [-0.4, -0.2) is 50.6 Å². The number of thioether (sulfide) groups is 2. The van der Waals surface area contributed by atoms with Crippen LogP contribution in [0.4, 0.5) is 0 Å². The lowest BCUT2D eigenvalue weighted by molar-refractivity contribution is -0.133. The number of hydrogen-bond donors (Lipinski definition) is 2. The summed E-state index contributed by atoms with van der Waals surface area (Å²) >= 11 is 2.93. The van der Waals surface area contributed by atoms with Crippen LogP contribution in [0, 0.1) is 5.92 Å². The molecular weight excluding hydrogens is 272 g/mol. The number of hydrogen-bond acceptors (Lipinski definition) is 5. The van der Waals surface area contributed by atoms with Crippen molar-refractivity contribution in [2.24, 2.45) is 5.92 Å². The van der Waals surface area contributed by atoms with Gasteiger partial charge in [-0.1, -0.05) is 6.08 Å². The lowest BCUT2D eigenvalue weighted by Crippen LogP contribution is -2.21. The van der Waals surface area contributed by atoms with Crippen LogP contribution < -0.4 is 0 Å². The average Bonchev–Trinajstić information content (AvgIpc) is 2.57. The highest BCUT2D eigenvalue weighted by molar-refractivity contribution is 8.01. The lowest BCUT2D eigenvalue weighted by atomic mass is 10.1. The molecule has 1 aliphatic rings. The largest absolute Gasteiger partial charge is 0.481 e. The number of carboxylic acid groups (broad SMARTS) is 1. The number of carbonyl (C=O) groups excluding carboxylic acids is 1. The molecule has 1 aliphatic carbocycles. The first kappa shape index (κ1) is 15.6. The zero-order valence-corrected chi connectivity index (χ0v) is 11.7. The van der Waals surface area contributed by atoms with Crippen molar-refractivity contribution in [1.29, 1.82) is 0 Å². The number of carbonyl (C=O) groups is 2. The Morgan fingerprint density at radius 2 is 2.22 bits per heavy atom. The number of aliphatic hydroxyl groups is 1. The van der Waals surface area contributed by atoms with Crippen LogP contribution in [0.15, 0.2) is 12.7 Å². The molecule has 4 nitrogen and oxygen atoms in total. The highest BCUT2D eigenvalue weighted by atomic mass is 32.2. The molecule has 1 rings (SSSR count). The Kier molecular flexibility index (Phi) is 6.81. The topological polar surface area (TPSA) is 74.6 Å². The first-order chi connectivity index (χ1) is 8.56. The Bertz CT molecular complexity index is 319. The van der Waals surface area contributed by atoms with Gasteiger partial charge in [0.1, 0.15) is 5.78 Å². The van der Waals surface area contributed by atoms with Gasteiger partial charge in [0, 0.05) is 12.3 Å². The number of aliphatic hydroxyl groups excluding tert-OH is 1. The Morgan fingerprint density at radius 3 is 2.83 bits per heavy atom. The number of ketones is 1. The molecule has 0 bridgehead atoms. The van der Waals surface area contributed by atoms with Gasteiger partial charge in [0.05, 0.1) is 17.1 Å². The standard InChI is InChI=1S/C12H18O4S2/c1-2-8-9(13)6-10(14)12(8)18-5-3-4-17-7-11(15)16/h2,8-9,12-13H,1,3-7H2,(H,15,16)/t8-,9?,12?/m0/s1. The molecule has 0 spiro atoms. The van der Waals surface area contributed by atoms with Crippen LogP contribution in [-0.2, 0) is 9.59 Å². The molecule has 102 valence electrons. The van der Waals surface area contributed by atoms with E-state index in [1.807, 2.05) is 0 Å². The zero-order chi connectivity index (χ0) is 13.5. The first-order valence-corrected chi connectivity index (χ1v) is 8.01. The van der Waals surface area contributed by atoms with Crippen molar-refractivity contribution in [2.75, 3.05) is 17.3 Å². The van der Waals surface area contributed by atoms with Gasteiger partial charge >= 0.3 is 5.97 Å². The van der Waals surface area contributed by atoms with Gasteiger partial charge in [-0.15, -0.1) is 18.3 Å². The van der Waals surface area contributed by atoms with Crippen molar-refractivity contribution in [1.82, 2.24) is 0 Å². The molecule has 0 heterocycles. The van der Waals surface area contributed by atoms with Gasteiger partial charge in [0.2, 0.25) is 0 Å². The van der Waals surface area contributed by atoms with Crippen molar-refractivity contribution in [3.8, 4) is 0 Å². The van der Waals surface area contributed by atoms with Gasteiger partial charge in [-0.2, -0.15) is 11.8 Å². The normalized spacial score (nSPS) is 27.4. The van der Waals surface area contributed by atoms with Crippen molar-refractivity contribution >= 4 is 35.3 Å². The summed E-state index contributed by atoms with van der Waals surface area (Å²) in [4.78, 5) is 21.9. The third-order valence-electron chi connectivity index (χ3n) is 2.75. The molecule has 1 fully saturated rings. The van der Waals surface area contributed by atoms with E-state index in [0.717, 1.165) is 17.9 Å². The van der Waals surface area contributed by atoms with E-state index in [0.29, 0.717) is 0 Å². The van der Waals surface area contributed by atoms with E-state index in [2.05, 4.69) is 6.58 Å². The minimum absolute atomic E-state index is 0.0931. The summed E-state index contributed by atoms with van der Waals surface area (Å²) in [7, 11) is 0. The number of carboxylic acids is 1. The number of aliphatic carboxylic acids is 1. The van der Waals surface area contributed by atoms with Crippen molar-refractivity contribution in [3.63, 3.8) is 0 Å². The average molecular weight is 290 g/mol. The second kappa shape index (κ2) is 7.86. The quantitative estimate of drug-likeness (QED) is 0.520. The molecule has 2 unspecified atom stereocenters. The van der Waals surface area contributed by atoms with Gasteiger partial charge < -0.3 is 10.2 Å². The maximum Gasteiger partial charge on any atom is 0.313 e. The van der Waals surface area contributed by atoms with E-state index in [-0.39, 0.29) is 29.1 Å². The van der Waals surface area contributed by atoms with E-state index in [4.69, 9.17) is 5.11 Å². The maximum atomic E-state index is 11.7. The Morgan fingerprint density at radius 1 is 1.50 bits per heavy atom. The van der Waals surface area contributed by atoms with Crippen molar-refractivity contribution in [2.45, 2.75) is 24.2 Å². The fourth-order valence-electron chi connectivity index (χ4n) is 1.89. The van der Waals surface area contributed by atoms with Crippen LogP contribution in [0.3, 0.4) is 0 Å². The first-order valence-electron chi connectivity index (χ1n) is 5.80. The Hall–Kier alpha value is -0.460. The minimum atomic E-state index is -0.798. The summed E-state index contributed by atoms with van der Waals surface area (Å²) in [6, 6.07) is 0. The van der Waals surface area contributed by atoms with Crippen molar-refractivity contribution < 1.29 is 19.8 Å². The molecular formula is C12H18O4S2. The van der Waals surface area contributed by atoms with Gasteiger partial charge in [0.25, 0.3) is 0 Å². The number of rotatable bonds is 8.